The van der Waals surface area contributed by atoms with Gasteiger partial charge in [-0.25, -0.2) is 0 Å². The molecule has 0 saturated carbocycles. The quantitative estimate of drug-likeness (QED) is 0.259. The summed E-state index contributed by atoms with van der Waals surface area (Å²) in [5.74, 6) is 0. The summed E-state index contributed by atoms with van der Waals surface area (Å²) in [6.07, 6.45) is 17.5. The number of allylic oxidation sites excluding steroid dienone is 1. The Labute approximate surface area is 147 Å². The molecule has 0 bridgehead atoms. The molecule has 0 amide bonds. The molecule has 0 aliphatic rings. The van der Waals surface area contributed by atoms with Crippen LogP contribution in [0.3, 0.4) is 0 Å². The van der Waals surface area contributed by atoms with Crippen LogP contribution in [0.2, 0.25) is 0 Å². The second-order valence-corrected chi connectivity index (χ2v) is 5.60. The molecule has 0 saturated heterocycles. The molecule has 0 aliphatic carbocycles. The van der Waals surface area contributed by atoms with Gasteiger partial charge in [-0.05, 0) is 12.8 Å². The zero-order chi connectivity index (χ0) is 15.0. The third kappa shape index (κ3) is 42.8. The van der Waals surface area contributed by atoms with Crippen molar-refractivity contribution >= 4 is 40.0 Å². The molecule has 0 aromatic carbocycles. The maximum atomic E-state index is 8.74. The van der Waals surface area contributed by atoms with Crippen LogP contribution in [0.1, 0.15) is 77.6 Å². The summed E-state index contributed by atoms with van der Waals surface area (Å²) in [7, 11) is -4.67. The summed E-state index contributed by atoms with van der Waals surface area (Å²) in [4.78, 5) is 0. The summed E-state index contributed by atoms with van der Waals surface area (Å²) in [6.45, 7) is 6.01. The molecule has 20 heavy (non-hydrogen) atoms. The SMILES string of the molecule is C=CCCCCCCCCCCCC.O=S(=O)(O)O.[NaH]. The molecule has 0 aromatic heterocycles. The molecule has 6 heteroatoms. The van der Waals surface area contributed by atoms with E-state index in [1.54, 1.807) is 0 Å². The van der Waals surface area contributed by atoms with Gasteiger partial charge in [0, 0.05) is 0 Å². The van der Waals surface area contributed by atoms with Crippen molar-refractivity contribution in [2.75, 3.05) is 0 Å². The molecule has 0 fully saturated rings. The first kappa shape index (κ1) is 25.6. The third-order valence-corrected chi connectivity index (χ3v) is 2.76. The Kier molecular flexibility index (Phi) is 25.1. The van der Waals surface area contributed by atoms with Crippen molar-refractivity contribution in [3.05, 3.63) is 12.7 Å². The van der Waals surface area contributed by atoms with Gasteiger partial charge in [0.25, 0.3) is 0 Å². The van der Waals surface area contributed by atoms with E-state index in [1.165, 1.54) is 70.6 Å². The van der Waals surface area contributed by atoms with E-state index in [2.05, 4.69) is 13.5 Å². The molecule has 0 aliphatic heterocycles. The van der Waals surface area contributed by atoms with Crippen LogP contribution in [0.15, 0.2) is 12.7 Å². The van der Waals surface area contributed by atoms with Crippen molar-refractivity contribution in [3.63, 3.8) is 0 Å². The van der Waals surface area contributed by atoms with Crippen molar-refractivity contribution in [2.45, 2.75) is 77.6 Å². The van der Waals surface area contributed by atoms with E-state index in [0.29, 0.717) is 0 Å². The topological polar surface area (TPSA) is 74.6 Å². The minimum absolute atomic E-state index is 0. The first-order chi connectivity index (χ1) is 8.91. The molecule has 0 unspecified atom stereocenters. The van der Waals surface area contributed by atoms with Crippen LogP contribution in [0.25, 0.3) is 0 Å². The average Bonchev–Trinajstić information content (AvgIpc) is 2.29. The molecular weight excluding hydrogens is 287 g/mol. The van der Waals surface area contributed by atoms with Crippen LogP contribution in [0.4, 0.5) is 0 Å². The molecule has 2 N–H and O–H groups in total. The van der Waals surface area contributed by atoms with Gasteiger partial charge in [0.2, 0.25) is 0 Å². The van der Waals surface area contributed by atoms with E-state index >= 15 is 0 Å². The summed E-state index contributed by atoms with van der Waals surface area (Å²) in [6, 6.07) is 0. The third-order valence-electron chi connectivity index (χ3n) is 2.76. The standard InChI is InChI=1S/C14H28.Na.H2O4S.H/c1-3-5-7-9-11-13-14-12-10-8-6-4-2;;1-5(2,3)4;/h3H,1,4-14H2,2H3;;(H2,1,2,3,4);. The molecule has 0 rings (SSSR count). The molecule has 118 valence electrons. The van der Waals surface area contributed by atoms with Crippen LogP contribution in [-0.2, 0) is 10.4 Å². The molecule has 0 radical (unpaired) electrons. The Morgan fingerprint density at radius 2 is 1.15 bits per heavy atom. The van der Waals surface area contributed by atoms with Crippen molar-refractivity contribution in [3.8, 4) is 0 Å². The maximum absolute atomic E-state index is 8.74. The van der Waals surface area contributed by atoms with E-state index < -0.39 is 10.4 Å². The van der Waals surface area contributed by atoms with Crippen LogP contribution < -0.4 is 0 Å². The van der Waals surface area contributed by atoms with Gasteiger partial charge < -0.3 is 0 Å². The van der Waals surface area contributed by atoms with Gasteiger partial charge in [-0.15, -0.1) is 6.58 Å². The summed E-state index contributed by atoms with van der Waals surface area (Å²) >= 11 is 0. The van der Waals surface area contributed by atoms with Gasteiger partial charge >= 0.3 is 40.0 Å². The number of hydrogen-bond acceptors (Lipinski definition) is 2. The number of rotatable bonds is 11. The first-order valence-electron chi connectivity index (χ1n) is 7.22. The molecule has 0 spiro atoms. The van der Waals surface area contributed by atoms with Gasteiger partial charge in [-0.2, -0.15) is 8.42 Å². The first-order valence-corrected chi connectivity index (χ1v) is 8.62. The van der Waals surface area contributed by atoms with Gasteiger partial charge in [0.15, 0.2) is 0 Å². The van der Waals surface area contributed by atoms with E-state index in [9.17, 15) is 0 Å². The Hall–Kier alpha value is 0.610. The van der Waals surface area contributed by atoms with Gasteiger partial charge in [-0.1, -0.05) is 70.8 Å². The van der Waals surface area contributed by atoms with Gasteiger partial charge in [-0.3, -0.25) is 9.11 Å². The predicted molar refractivity (Wildman–Crippen MR) is 88.0 cm³/mol. The summed E-state index contributed by atoms with van der Waals surface area (Å²) < 4.78 is 31.6. The van der Waals surface area contributed by atoms with Crippen LogP contribution >= 0.6 is 0 Å². The van der Waals surface area contributed by atoms with Crippen molar-refractivity contribution in [2.24, 2.45) is 0 Å². The minimum atomic E-state index is -4.67. The molecule has 0 aromatic rings. The van der Waals surface area contributed by atoms with Gasteiger partial charge in [0.05, 0.1) is 0 Å². The number of unbranched alkanes of at least 4 members (excludes halogenated alkanes) is 10. The van der Waals surface area contributed by atoms with E-state index in [1.807, 2.05) is 6.08 Å². The Morgan fingerprint density at radius 1 is 0.850 bits per heavy atom. The van der Waals surface area contributed by atoms with Crippen molar-refractivity contribution in [1.82, 2.24) is 0 Å². The van der Waals surface area contributed by atoms with Crippen molar-refractivity contribution < 1.29 is 17.5 Å². The molecule has 0 atom stereocenters. The molecule has 0 heterocycles. The Morgan fingerprint density at radius 3 is 1.45 bits per heavy atom. The fourth-order valence-corrected chi connectivity index (χ4v) is 1.78. The van der Waals surface area contributed by atoms with Crippen LogP contribution in [0, 0.1) is 0 Å². The van der Waals surface area contributed by atoms with Crippen LogP contribution in [0.5, 0.6) is 0 Å². The summed E-state index contributed by atoms with van der Waals surface area (Å²) in [5, 5.41) is 0. The van der Waals surface area contributed by atoms with E-state index in [4.69, 9.17) is 17.5 Å². The fraction of sp³-hybridized carbons (Fsp3) is 0.857. The zero-order valence-electron chi connectivity index (χ0n) is 12.2. The van der Waals surface area contributed by atoms with Gasteiger partial charge in [0.1, 0.15) is 0 Å². The Bertz CT molecular complexity index is 271. The van der Waals surface area contributed by atoms with Crippen molar-refractivity contribution in [1.29, 1.82) is 0 Å². The monoisotopic (exact) mass is 318 g/mol. The summed E-state index contributed by atoms with van der Waals surface area (Å²) in [5.41, 5.74) is 0. The van der Waals surface area contributed by atoms with E-state index in [0.717, 1.165) is 0 Å². The second kappa shape index (κ2) is 19.6. The number of hydrogen-bond donors (Lipinski definition) is 2. The fourth-order valence-electron chi connectivity index (χ4n) is 1.78. The molecular formula is C14H31NaO4S. The second-order valence-electron chi connectivity index (χ2n) is 4.71. The van der Waals surface area contributed by atoms with E-state index in [-0.39, 0.29) is 29.6 Å². The molecule has 4 nitrogen and oxygen atoms in total. The zero-order valence-corrected chi connectivity index (χ0v) is 13.0. The predicted octanol–water partition coefficient (Wildman–Crippen LogP) is 4.18. The Balaban J connectivity index is -0.000000414. The normalized spacial score (nSPS) is 10.2. The van der Waals surface area contributed by atoms with Crippen LogP contribution in [-0.4, -0.2) is 47.1 Å². The average molecular weight is 318 g/mol.